The molecule has 0 aliphatic carbocycles. The summed E-state index contributed by atoms with van der Waals surface area (Å²) in [4.78, 5) is 4.71. The zero-order chi connectivity index (χ0) is 17.3. The van der Waals surface area contributed by atoms with Gasteiger partial charge < -0.3 is 9.47 Å². The zero-order valence-electron chi connectivity index (χ0n) is 13.8. The molecule has 5 rings (SSSR count). The lowest BCUT2D eigenvalue weighted by molar-refractivity contribution is 0.171. The summed E-state index contributed by atoms with van der Waals surface area (Å²) in [6.07, 6.45) is 0. The fourth-order valence-electron chi connectivity index (χ4n) is 2.85. The molecule has 0 unspecified atom stereocenters. The molecule has 1 N–H and O–H groups in total. The molecule has 2 aliphatic heterocycles. The third kappa shape index (κ3) is 2.78. The van der Waals surface area contributed by atoms with Gasteiger partial charge in [-0.15, -0.1) is 10.2 Å². The molecule has 0 saturated carbocycles. The standard InChI is InChI=1S/C18H15N5O2S/c1-2-4-12(5-3-1)17-20-21-18-23(17)22-16(11-26-18)19-13-6-7-14-15(10-13)25-9-8-24-14/h1-7,10H,8-9,11H2,(H,19,22). The number of rotatable bonds is 2. The highest BCUT2D eigenvalue weighted by atomic mass is 32.2. The number of hydrogen-bond acceptors (Lipinski definition) is 6. The molecule has 130 valence electrons. The molecule has 7 nitrogen and oxygen atoms in total. The Morgan fingerprint density at radius 3 is 2.73 bits per heavy atom. The predicted molar refractivity (Wildman–Crippen MR) is 100 cm³/mol. The van der Waals surface area contributed by atoms with Crippen LogP contribution in [0.1, 0.15) is 0 Å². The van der Waals surface area contributed by atoms with Gasteiger partial charge >= 0.3 is 0 Å². The molecule has 1 aromatic heterocycles. The van der Waals surface area contributed by atoms with Gasteiger partial charge in [-0.2, -0.15) is 0 Å². The van der Waals surface area contributed by atoms with Gasteiger partial charge in [0.2, 0.25) is 5.16 Å². The van der Waals surface area contributed by atoms with Gasteiger partial charge in [0.1, 0.15) is 19.0 Å². The van der Waals surface area contributed by atoms with Crippen molar-refractivity contribution in [2.24, 2.45) is 4.99 Å². The van der Waals surface area contributed by atoms with Crippen molar-refractivity contribution in [3.05, 3.63) is 48.5 Å². The van der Waals surface area contributed by atoms with E-state index in [2.05, 4.69) is 15.6 Å². The van der Waals surface area contributed by atoms with Crippen molar-refractivity contribution in [2.75, 3.05) is 24.4 Å². The first kappa shape index (κ1) is 15.3. The molecule has 2 aliphatic rings. The molecule has 0 bridgehead atoms. The van der Waals surface area contributed by atoms with Gasteiger partial charge in [-0.3, -0.25) is 5.43 Å². The van der Waals surface area contributed by atoms with Crippen LogP contribution in [0.25, 0.3) is 11.4 Å². The van der Waals surface area contributed by atoms with Crippen molar-refractivity contribution in [1.29, 1.82) is 0 Å². The van der Waals surface area contributed by atoms with E-state index < -0.39 is 0 Å². The number of nitrogens with zero attached hydrogens (tertiary/aromatic N) is 4. The van der Waals surface area contributed by atoms with Crippen LogP contribution in [0.2, 0.25) is 0 Å². The maximum Gasteiger partial charge on any atom is 0.211 e. The quantitative estimate of drug-likeness (QED) is 0.752. The van der Waals surface area contributed by atoms with Crippen molar-refractivity contribution in [3.8, 4) is 22.9 Å². The number of nitrogens with one attached hydrogen (secondary N) is 1. The number of hydrogen-bond donors (Lipinski definition) is 1. The lowest BCUT2D eigenvalue weighted by atomic mass is 10.2. The zero-order valence-corrected chi connectivity index (χ0v) is 14.6. The van der Waals surface area contributed by atoms with E-state index in [0.717, 1.165) is 39.6 Å². The number of aliphatic imine (C=N–C) groups is 1. The average Bonchev–Trinajstić information content (AvgIpc) is 3.12. The minimum atomic E-state index is 0.561. The fraction of sp³-hybridized carbons (Fsp3) is 0.167. The van der Waals surface area contributed by atoms with Gasteiger partial charge in [0.15, 0.2) is 17.3 Å². The van der Waals surface area contributed by atoms with E-state index in [4.69, 9.17) is 14.5 Å². The molecular formula is C18H15N5O2S. The van der Waals surface area contributed by atoms with Crippen molar-refractivity contribution in [3.63, 3.8) is 0 Å². The second kappa shape index (κ2) is 6.38. The van der Waals surface area contributed by atoms with Gasteiger partial charge in [0.25, 0.3) is 0 Å². The largest absolute Gasteiger partial charge is 0.486 e. The molecule has 0 amide bonds. The van der Waals surface area contributed by atoms with Crippen LogP contribution in [-0.2, 0) is 0 Å². The highest BCUT2D eigenvalue weighted by molar-refractivity contribution is 7.99. The van der Waals surface area contributed by atoms with Crippen molar-refractivity contribution >= 4 is 23.3 Å². The normalized spacial score (nSPS) is 16.8. The molecule has 3 aromatic rings. The maximum absolute atomic E-state index is 5.63. The Morgan fingerprint density at radius 1 is 1.00 bits per heavy atom. The van der Waals surface area contributed by atoms with Gasteiger partial charge in [0.05, 0.1) is 11.4 Å². The Hall–Kier alpha value is -3.00. The number of benzene rings is 2. The molecule has 0 atom stereocenters. The number of thioether (sulfide) groups is 1. The number of ether oxygens (including phenoxy) is 2. The van der Waals surface area contributed by atoms with Crippen LogP contribution < -0.4 is 14.9 Å². The van der Waals surface area contributed by atoms with E-state index in [1.165, 1.54) is 0 Å². The van der Waals surface area contributed by atoms with Gasteiger partial charge in [0, 0.05) is 11.6 Å². The SMILES string of the molecule is c1ccc(-c2nnc3n2NC(=Nc2ccc4c(c2)OCCO4)CS3)cc1. The summed E-state index contributed by atoms with van der Waals surface area (Å²) in [5.74, 6) is 3.79. The Bertz CT molecular complexity index is 987. The van der Waals surface area contributed by atoms with Crippen LogP contribution >= 0.6 is 11.8 Å². The van der Waals surface area contributed by atoms with Crippen LogP contribution in [0.3, 0.4) is 0 Å². The lowest BCUT2D eigenvalue weighted by Crippen LogP contribution is -2.30. The Labute approximate surface area is 154 Å². The van der Waals surface area contributed by atoms with E-state index in [1.54, 1.807) is 11.8 Å². The fourth-order valence-corrected chi connectivity index (χ4v) is 3.60. The van der Waals surface area contributed by atoms with Crippen LogP contribution in [0.5, 0.6) is 11.5 Å². The summed E-state index contributed by atoms with van der Waals surface area (Å²) in [6.45, 7) is 1.14. The number of amidine groups is 1. The van der Waals surface area contributed by atoms with Crippen LogP contribution in [-0.4, -0.2) is 39.7 Å². The molecule has 3 heterocycles. The topological polar surface area (TPSA) is 73.6 Å². The van der Waals surface area contributed by atoms with Gasteiger partial charge in [-0.25, -0.2) is 9.67 Å². The molecule has 8 heteroatoms. The highest BCUT2D eigenvalue weighted by Crippen LogP contribution is 2.34. The maximum atomic E-state index is 5.63. The van der Waals surface area contributed by atoms with Crippen LogP contribution in [0.15, 0.2) is 58.7 Å². The molecule has 26 heavy (non-hydrogen) atoms. The predicted octanol–water partition coefficient (Wildman–Crippen LogP) is 3.10. The second-order valence-electron chi connectivity index (χ2n) is 5.79. The molecule has 0 saturated heterocycles. The molecule has 0 fully saturated rings. The first-order valence-corrected chi connectivity index (χ1v) is 9.23. The summed E-state index contributed by atoms with van der Waals surface area (Å²) in [5, 5.41) is 9.38. The first-order chi connectivity index (χ1) is 12.9. The summed E-state index contributed by atoms with van der Waals surface area (Å²) < 4.78 is 13.1. The monoisotopic (exact) mass is 365 g/mol. The van der Waals surface area contributed by atoms with E-state index >= 15 is 0 Å². The van der Waals surface area contributed by atoms with E-state index in [0.29, 0.717) is 19.0 Å². The van der Waals surface area contributed by atoms with E-state index in [-0.39, 0.29) is 0 Å². The lowest BCUT2D eigenvalue weighted by Gasteiger charge is -2.20. The second-order valence-corrected chi connectivity index (χ2v) is 6.74. The summed E-state index contributed by atoms with van der Waals surface area (Å²) >= 11 is 1.60. The van der Waals surface area contributed by atoms with Gasteiger partial charge in [-0.05, 0) is 12.1 Å². The molecule has 0 spiro atoms. The average molecular weight is 365 g/mol. The Kier molecular flexibility index (Phi) is 3.75. The highest BCUT2D eigenvalue weighted by Gasteiger charge is 2.21. The van der Waals surface area contributed by atoms with Crippen LogP contribution in [0.4, 0.5) is 5.69 Å². The minimum Gasteiger partial charge on any atom is -0.486 e. The Balaban J connectivity index is 1.45. The number of aromatic nitrogens is 3. The van der Waals surface area contributed by atoms with Crippen molar-refractivity contribution in [2.45, 2.75) is 5.16 Å². The van der Waals surface area contributed by atoms with E-state index in [9.17, 15) is 0 Å². The minimum absolute atomic E-state index is 0.561. The van der Waals surface area contributed by atoms with Gasteiger partial charge in [-0.1, -0.05) is 42.1 Å². The summed E-state index contributed by atoms with van der Waals surface area (Å²) in [5.41, 5.74) is 5.14. The summed E-state index contributed by atoms with van der Waals surface area (Å²) in [7, 11) is 0. The van der Waals surface area contributed by atoms with Crippen molar-refractivity contribution in [1.82, 2.24) is 14.9 Å². The summed E-state index contributed by atoms with van der Waals surface area (Å²) in [6, 6.07) is 15.7. The molecule has 0 radical (unpaired) electrons. The first-order valence-electron chi connectivity index (χ1n) is 8.25. The van der Waals surface area contributed by atoms with Crippen LogP contribution in [0, 0.1) is 0 Å². The van der Waals surface area contributed by atoms with Crippen molar-refractivity contribution < 1.29 is 9.47 Å². The third-order valence-corrected chi connectivity index (χ3v) is 4.97. The molecule has 2 aromatic carbocycles. The Morgan fingerprint density at radius 2 is 1.85 bits per heavy atom. The molecular weight excluding hydrogens is 350 g/mol. The third-order valence-electron chi connectivity index (χ3n) is 4.03. The van der Waals surface area contributed by atoms with E-state index in [1.807, 2.05) is 53.2 Å². The number of fused-ring (bicyclic) bond motifs is 2. The smallest absolute Gasteiger partial charge is 0.211 e.